The maximum absolute atomic E-state index is 14.4. The van der Waals surface area contributed by atoms with E-state index in [-0.39, 0.29) is 24.2 Å². The van der Waals surface area contributed by atoms with Crippen LogP contribution in [0.25, 0.3) is 43.1 Å². The Bertz CT molecular complexity index is 2030. The highest BCUT2D eigenvalue weighted by Gasteiger charge is 2.30. The predicted molar refractivity (Wildman–Crippen MR) is 186 cm³/mol. The van der Waals surface area contributed by atoms with Crippen molar-refractivity contribution in [2.24, 2.45) is 11.8 Å². The van der Waals surface area contributed by atoms with Gasteiger partial charge in [-0.3, -0.25) is 9.59 Å². The monoisotopic (exact) mass is 612 g/mol. The fourth-order valence-electron chi connectivity index (χ4n) is 6.54. The summed E-state index contributed by atoms with van der Waals surface area (Å²) < 4.78 is 5.41. The van der Waals surface area contributed by atoms with Crippen molar-refractivity contribution in [3.05, 3.63) is 108 Å². The maximum Gasteiger partial charge on any atom is 0.408 e. The van der Waals surface area contributed by atoms with Crippen molar-refractivity contribution in [1.82, 2.24) is 10.6 Å². The molecule has 0 spiro atoms. The lowest BCUT2D eigenvalue weighted by atomic mass is 9.86. The van der Waals surface area contributed by atoms with Crippen LogP contribution in [0.1, 0.15) is 56.5 Å². The molecule has 0 bridgehead atoms. The van der Waals surface area contributed by atoms with Gasteiger partial charge in [-0.1, -0.05) is 119 Å². The number of carbonyl (C=O) groups is 3. The molecule has 6 aromatic carbocycles. The Morgan fingerprint density at radius 1 is 0.609 bits per heavy atom. The topological polar surface area (TPSA) is 84.5 Å². The zero-order chi connectivity index (χ0) is 32.4. The number of carbonyl (C=O) groups excluding carboxylic acids is 3. The fraction of sp³-hybridized carbons (Fsp3) is 0.275. The molecule has 234 valence electrons. The van der Waals surface area contributed by atoms with E-state index in [0.29, 0.717) is 18.4 Å². The van der Waals surface area contributed by atoms with E-state index in [9.17, 15) is 14.4 Å². The second-order valence-corrected chi connectivity index (χ2v) is 13.1. The van der Waals surface area contributed by atoms with E-state index < -0.39 is 24.1 Å². The van der Waals surface area contributed by atoms with Crippen molar-refractivity contribution in [3.8, 4) is 0 Å². The molecular formula is C40H40N2O4. The first-order chi connectivity index (χ1) is 22.2. The summed E-state index contributed by atoms with van der Waals surface area (Å²) in [6.45, 7) is 8.14. The summed E-state index contributed by atoms with van der Waals surface area (Å²) in [4.78, 5) is 40.9. The average Bonchev–Trinajstić information content (AvgIpc) is 3.05. The van der Waals surface area contributed by atoms with Crippen molar-refractivity contribution in [2.45, 2.75) is 59.2 Å². The average molecular weight is 613 g/mol. The van der Waals surface area contributed by atoms with E-state index in [1.54, 1.807) is 0 Å². The van der Waals surface area contributed by atoms with Crippen molar-refractivity contribution in [3.63, 3.8) is 0 Å². The van der Waals surface area contributed by atoms with Gasteiger partial charge < -0.3 is 15.4 Å². The molecule has 6 aromatic rings. The normalized spacial score (nSPS) is 13.1. The molecule has 0 unspecified atom stereocenters. The molecule has 2 amide bonds. The Morgan fingerprint density at radius 3 is 2.00 bits per heavy atom. The second kappa shape index (κ2) is 13.2. The highest BCUT2D eigenvalue weighted by atomic mass is 16.5. The van der Waals surface area contributed by atoms with Crippen LogP contribution < -0.4 is 10.6 Å². The van der Waals surface area contributed by atoms with Gasteiger partial charge in [0.2, 0.25) is 5.91 Å². The summed E-state index contributed by atoms with van der Waals surface area (Å²) in [6, 6.07) is 30.7. The van der Waals surface area contributed by atoms with Gasteiger partial charge in [0.05, 0.1) is 6.04 Å². The van der Waals surface area contributed by atoms with Crippen LogP contribution in [0.4, 0.5) is 4.79 Å². The standard InChI is InChI=1S/C40H40N2O4/c1-24(2)20-34(41-39(44)35(21-25(3)4)42-40(45)46-23-26-10-6-5-7-11-26)38(43)33-17-16-27-14-15-29-22-28-12-8-9-13-30(28)31-18-19-32(33)36(27)37(29)31/h5-19,22,24-25,34-35H,20-21,23H2,1-4H3,(H,41,44)(H,42,45)/t34-,35-/m0/s1. The molecule has 6 nitrogen and oxygen atoms in total. The molecule has 0 heterocycles. The molecule has 46 heavy (non-hydrogen) atoms. The number of benzene rings is 6. The Balaban J connectivity index is 1.30. The minimum absolute atomic E-state index is 0.0988. The quantitative estimate of drug-likeness (QED) is 0.0870. The first kappa shape index (κ1) is 31.0. The summed E-state index contributed by atoms with van der Waals surface area (Å²) >= 11 is 0. The van der Waals surface area contributed by atoms with Gasteiger partial charge in [-0.05, 0) is 79.4 Å². The predicted octanol–water partition coefficient (Wildman–Crippen LogP) is 8.79. The first-order valence-corrected chi connectivity index (χ1v) is 16.1. The van der Waals surface area contributed by atoms with Crippen LogP contribution in [-0.4, -0.2) is 29.9 Å². The molecule has 0 radical (unpaired) electrons. The Labute approximate surface area is 269 Å². The van der Waals surface area contributed by atoms with Gasteiger partial charge in [-0.2, -0.15) is 0 Å². The molecule has 0 saturated heterocycles. The van der Waals surface area contributed by atoms with Crippen LogP contribution in [0, 0.1) is 11.8 Å². The van der Waals surface area contributed by atoms with Crippen LogP contribution in [0.2, 0.25) is 0 Å². The molecule has 0 aromatic heterocycles. The number of nitrogens with one attached hydrogen (secondary N) is 2. The van der Waals surface area contributed by atoms with Gasteiger partial charge in [-0.15, -0.1) is 0 Å². The van der Waals surface area contributed by atoms with E-state index >= 15 is 0 Å². The third-order valence-electron chi connectivity index (χ3n) is 8.64. The number of Topliss-reactive ketones (excluding diaryl/α,β-unsaturated/α-hetero) is 1. The van der Waals surface area contributed by atoms with Crippen molar-refractivity contribution >= 4 is 60.9 Å². The van der Waals surface area contributed by atoms with Crippen LogP contribution in [-0.2, 0) is 16.1 Å². The van der Waals surface area contributed by atoms with Crippen LogP contribution in [0.3, 0.4) is 0 Å². The van der Waals surface area contributed by atoms with E-state index in [1.165, 1.54) is 10.8 Å². The van der Waals surface area contributed by atoms with Gasteiger partial charge in [0.25, 0.3) is 0 Å². The molecular weight excluding hydrogens is 572 g/mol. The number of fused-ring (bicyclic) bond motifs is 2. The highest BCUT2D eigenvalue weighted by molar-refractivity contribution is 6.31. The lowest BCUT2D eigenvalue weighted by Crippen LogP contribution is -2.52. The van der Waals surface area contributed by atoms with Gasteiger partial charge in [0.15, 0.2) is 5.78 Å². The van der Waals surface area contributed by atoms with Gasteiger partial charge in [0.1, 0.15) is 12.6 Å². The number of hydrogen-bond acceptors (Lipinski definition) is 4. The molecule has 0 aliphatic carbocycles. The zero-order valence-corrected chi connectivity index (χ0v) is 26.8. The number of hydrogen-bond donors (Lipinski definition) is 2. The number of alkyl carbamates (subject to hydrolysis) is 1. The lowest BCUT2D eigenvalue weighted by molar-refractivity contribution is -0.124. The van der Waals surface area contributed by atoms with Crippen molar-refractivity contribution < 1.29 is 19.1 Å². The van der Waals surface area contributed by atoms with E-state index in [0.717, 1.165) is 37.9 Å². The maximum atomic E-state index is 14.4. The van der Waals surface area contributed by atoms with Gasteiger partial charge >= 0.3 is 6.09 Å². The number of rotatable bonds is 11. The summed E-state index contributed by atoms with van der Waals surface area (Å²) in [6.07, 6.45) is 0.196. The third-order valence-corrected chi connectivity index (χ3v) is 8.64. The number of ether oxygens (including phenoxy) is 1. The molecule has 0 aliphatic rings. The van der Waals surface area contributed by atoms with E-state index in [2.05, 4.69) is 59.2 Å². The number of amides is 2. The summed E-state index contributed by atoms with van der Waals surface area (Å²) in [5.74, 6) is -0.265. The molecule has 2 atom stereocenters. The van der Waals surface area contributed by atoms with Gasteiger partial charge in [0, 0.05) is 5.56 Å². The Morgan fingerprint density at radius 2 is 1.24 bits per heavy atom. The summed E-state index contributed by atoms with van der Waals surface area (Å²) in [7, 11) is 0. The molecule has 0 fully saturated rings. The van der Waals surface area contributed by atoms with Crippen molar-refractivity contribution in [2.75, 3.05) is 0 Å². The molecule has 0 saturated carbocycles. The fourth-order valence-corrected chi connectivity index (χ4v) is 6.54. The lowest BCUT2D eigenvalue weighted by Gasteiger charge is -2.25. The minimum Gasteiger partial charge on any atom is -0.445 e. The molecule has 6 rings (SSSR count). The third kappa shape index (κ3) is 6.38. The largest absolute Gasteiger partial charge is 0.445 e. The van der Waals surface area contributed by atoms with Gasteiger partial charge in [-0.25, -0.2) is 4.79 Å². The Hall–Kier alpha value is -4.97. The summed E-state index contributed by atoms with van der Waals surface area (Å²) in [5, 5.41) is 14.6. The molecule has 2 N–H and O–H groups in total. The minimum atomic E-state index is -0.847. The first-order valence-electron chi connectivity index (χ1n) is 16.1. The van der Waals surface area contributed by atoms with Crippen LogP contribution >= 0.6 is 0 Å². The van der Waals surface area contributed by atoms with Crippen LogP contribution in [0.15, 0.2) is 97.1 Å². The second-order valence-electron chi connectivity index (χ2n) is 13.1. The van der Waals surface area contributed by atoms with Crippen molar-refractivity contribution in [1.29, 1.82) is 0 Å². The molecule has 0 aliphatic heterocycles. The number of ketones is 1. The highest BCUT2D eigenvalue weighted by Crippen LogP contribution is 2.39. The molecule has 6 heteroatoms. The zero-order valence-electron chi connectivity index (χ0n) is 26.8. The van der Waals surface area contributed by atoms with E-state index in [1.807, 2.05) is 76.2 Å². The SMILES string of the molecule is CC(C)C[C@H](NC(=O)OCc1ccccc1)C(=O)N[C@@H](CC(C)C)C(=O)c1ccc2ccc3cc4ccccc4c4ccc1c2c34. The summed E-state index contributed by atoms with van der Waals surface area (Å²) in [5.41, 5.74) is 1.43. The van der Waals surface area contributed by atoms with E-state index in [4.69, 9.17) is 4.74 Å². The van der Waals surface area contributed by atoms with Crippen LogP contribution in [0.5, 0.6) is 0 Å². The Kier molecular flexibility index (Phi) is 8.89. The smallest absolute Gasteiger partial charge is 0.408 e.